The van der Waals surface area contributed by atoms with E-state index in [0.29, 0.717) is 0 Å². The first kappa shape index (κ1) is 10.2. The van der Waals surface area contributed by atoms with Gasteiger partial charge in [0.05, 0.1) is 5.69 Å². The van der Waals surface area contributed by atoms with Gasteiger partial charge >= 0.3 is 0 Å². The monoisotopic (exact) mass is 221 g/mol. The third-order valence-corrected chi connectivity index (χ3v) is 3.19. The highest BCUT2D eigenvalue weighted by Crippen LogP contribution is 2.28. The van der Waals surface area contributed by atoms with Gasteiger partial charge in [-0.3, -0.25) is 0 Å². The Morgan fingerprint density at radius 2 is 1.53 bits per heavy atom. The normalized spacial score (nSPS) is 10.9. The summed E-state index contributed by atoms with van der Waals surface area (Å²) in [6, 6.07) is 15.2. The average Bonchev–Trinajstić information content (AvgIpc) is 2.73. The molecule has 0 saturated carbocycles. The molecule has 0 spiro atoms. The lowest BCUT2D eigenvalue weighted by atomic mass is 10.0. The highest BCUT2D eigenvalue weighted by Gasteiger charge is 2.05. The molecule has 0 fully saturated rings. The second-order valence-electron chi connectivity index (χ2n) is 4.62. The molecule has 84 valence electrons. The van der Waals surface area contributed by atoms with Gasteiger partial charge in [-0.25, -0.2) is 0 Å². The smallest absolute Gasteiger partial charge is 0.0533 e. The van der Waals surface area contributed by atoms with Crippen molar-refractivity contribution >= 4 is 10.8 Å². The van der Waals surface area contributed by atoms with Crippen LogP contribution in [0.4, 0.5) is 0 Å². The van der Waals surface area contributed by atoms with E-state index in [2.05, 4.69) is 67.5 Å². The van der Waals surface area contributed by atoms with E-state index >= 15 is 0 Å². The van der Waals surface area contributed by atoms with Crippen LogP contribution in [0.5, 0.6) is 0 Å². The summed E-state index contributed by atoms with van der Waals surface area (Å²) >= 11 is 0. The second kappa shape index (κ2) is 3.77. The summed E-state index contributed by atoms with van der Waals surface area (Å²) in [4.78, 5) is 3.38. The van der Waals surface area contributed by atoms with Crippen molar-refractivity contribution in [1.82, 2.24) is 4.98 Å². The first-order valence-electron chi connectivity index (χ1n) is 5.89. The quantitative estimate of drug-likeness (QED) is 0.624. The van der Waals surface area contributed by atoms with Crippen LogP contribution in [-0.2, 0) is 0 Å². The fraction of sp³-hybridized carbons (Fsp3) is 0.125. The van der Waals surface area contributed by atoms with Crippen molar-refractivity contribution < 1.29 is 0 Å². The van der Waals surface area contributed by atoms with E-state index in [1.54, 1.807) is 0 Å². The molecule has 3 rings (SSSR count). The summed E-state index contributed by atoms with van der Waals surface area (Å²) in [6.45, 7) is 4.23. The molecule has 0 bridgehead atoms. The maximum Gasteiger partial charge on any atom is 0.0533 e. The zero-order valence-electron chi connectivity index (χ0n) is 10.1. The van der Waals surface area contributed by atoms with E-state index in [4.69, 9.17) is 0 Å². The maximum absolute atomic E-state index is 3.38. The van der Waals surface area contributed by atoms with Gasteiger partial charge in [-0.15, -0.1) is 0 Å². The van der Waals surface area contributed by atoms with Crippen LogP contribution >= 0.6 is 0 Å². The Bertz CT molecular complexity index is 660. The summed E-state index contributed by atoms with van der Waals surface area (Å²) in [5.41, 5.74) is 5.04. The van der Waals surface area contributed by atoms with E-state index in [1.807, 2.05) is 0 Å². The van der Waals surface area contributed by atoms with Crippen LogP contribution in [0.1, 0.15) is 11.1 Å². The maximum atomic E-state index is 3.38. The number of hydrogen-bond acceptors (Lipinski definition) is 0. The van der Waals surface area contributed by atoms with Crippen molar-refractivity contribution in [2.75, 3.05) is 0 Å². The summed E-state index contributed by atoms with van der Waals surface area (Å²) in [6.07, 6.45) is 2.08. The Morgan fingerprint density at radius 3 is 2.29 bits per heavy atom. The van der Waals surface area contributed by atoms with Gasteiger partial charge < -0.3 is 4.98 Å². The first-order chi connectivity index (χ1) is 8.24. The van der Waals surface area contributed by atoms with Crippen LogP contribution in [0.25, 0.3) is 22.0 Å². The molecule has 1 heteroatoms. The molecule has 0 saturated heterocycles. The van der Waals surface area contributed by atoms with Crippen LogP contribution < -0.4 is 0 Å². The number of aromatic amines is 1. The molecular weight excluding hydrogens is 206 g/mol. The summed E-state index contributed by atoms with van der Waals surface area (Å²) in [5, 5.41) is 2.57. The molecule has 2 aromatic carbocycles. The van der Waals surface area contributed by atoms with E-state index in [0.717, 1.165) is 0 Å². The number of benzene rings is 2. The average molecular weight is 221 g/mol. The lowest BCUT2D eigenvalue weighted by molar-refractivity contribution is 1.40. The van der Waals surface area contributed by atoms with Gasteiger partial charge in [0.1, 0.15) is 0 Å². The van der Waals surface area contributed by atoms with Crippen molar-refractivity contribution in [2.45, 2.75) is 13.8 Å². The third-order valence-electron chi connectivity index (χ3n) is 3.19. The predicted octanol–water partition coefficient (Wildman–Crippen LogP) is 4.45. The van der Waals surface area contributed by atoms with Gasteiger partial charge in [0.15, 0.2) is 0 Å². The molecule has 0 radical (unpaired) electrons. The number of nitrogens with one attached hydrogen (secondary N) is 1. The Kier molecular flexibility index (Phi) is 2.25. The number of aryl methyl sites for hydroxylation is 2. The molecule has 3 aromatic rings. The second-order valence-corrected chi connectivity index (χ2v) is 4.62. The summed E-state index contributed by atoms with van der Waals surface area (Å²) in [5.74, 6) is 0. The molecule has 0 aliphatic heterocycles. The Hall–Kier alpha value is -2.02. The van der Waals surface area contributed by atoms with Crippen molar-refractivity contribution in [1.29, 1.82) is 0 Å². The third kappa shape index (κ3) is 1.74. The van der Waals surface area contributed by atoms with E-state index in [9.17, 15) is 0 Å². The Balaban J connectivity index is 2.21. The minimum Gasteiger partial charge on any atom is -0.360 e. The summed E-state index contributed by atoms with van der Waals surface area (Å²) < 4.78 is 0. The zero-order chi connectivity index (χ0) is 11.8. The topological polar surface area (TPSA) is 15.8 Å². The van der Waals surface area contributed by atoms with Crippen molar-refractivity contribution in [2.24, 2.45) is 0 Å². The molecule has 1 heterocycles. The van der Waals surface area contributed by atoms with Crippen LogP contribution in [-0.4, -0.2) is 4.98 Å². The molecule has 1 N–H and O–H groups in total. The molecule has 0 atom stereocenters. The molecule has 1 aromatic heterocycles. The number of aromatic nitrogens is 1. The van der Waals surface area contributed by atoms with Crippen molar-refractivity contribution in [3.05, 3.63) is 59.8 Å². The molecule has 0 unspecified atom stereocenters. The number of rotatable bonds is 1. The standard InChI is InChI=1S/C16H15N/c1-11-3-6-13(7-4-11)16-15-8-5-12(2)9-14(15)10-17-16/h3-10,17H,1-2H3. The lowest BCUT2D eigenvalue weighted by Crippen LogP contribution is -1.79. The molecule has 0 aliphatic rings. The summed E-state index contributed by atoms with van der Waals surface area (Å²) in [7, 11) is 0. The van der Waals surface area contributed by atoms with Crippen molar-refractivity contribution in [3.63, 3.8) is 0 Å². The van der Waals surface area contributed by atoms with Gasteiger partial charge in [-0.05, 0) is 25.5 Å². The van der Waals surface area contributed by atoms with Crippen LogP contribution in [0.2, 0.25) is 0 Å². The van der Waals surface area contributed by atoms with Gasteiger partial charge in [0.2, 0.25) is 0 Å². The van der Waals surface area contributed by atoms with Gasteiger partial charge in [-0.2, -0.15) is 0 Å². The fourth-order valence-electron chi connectivity index (χ4n) is 2.22. The molecule has 1 nitrogen and oxygen atoms in total. The van der Waals surface area contributed by atoms with Crippen LogP contribution in [0.15, 0.2) is 48.7 Å². The Morgan fingerprint density at radius 1 is 0.824 bits per heavy atom. The van der Waals surface area contributed by atoms with Crippen molar-refractivity contribution in [3.8, 4) is 11.3 Å². The van der Waals surface area contributed by atoms with E-state index in [-0.39, 0.29) is 0 Å². The predicted molar refractivity (Wildman–Crippen MR) is 73.2 cm³/mol. The van der Waals surface area contributed by atoms with Gasteiger partial charge in [-0.1, -0.05) is 47.5 Å². The van der Waals surface area contributed by atoms with E-state index in [1.165, 1.54) is 33.2 Å². The highest BCUT2D eigenvalue weighted by molar-refractivity contribution is 5.95. The number of H-pyrrole nitrogens is 1. The molecular formula is C16H15N. The lowest BCUT2D eigenvalue weighted by Gasteiger charge is -2.01. The number of hydrogen-bond donors (Lipinski definition) is 1. The minimum absolute atomic E-state index is 1.21. The van der Waals surface area contributed by atoms with Crippen LogP contribution in [0, 0.1) is 13.8 Å². The SMILES string of the molecule is Cc1ccc(-c2[nH]cc3cc(C)ccc23)cc1. The number of fused-ring (bicyclic) bond motifs is 1. The van der Waals surface area contributed by atoms with Gasteiger partial charge in [0, 0.05) is 17.0 Å². The van der Waals surface area contributed by atoms with Gasteiger partial charge in [0.25, 0.3) is 0 Å². The highest BCUT2D eigenvalue weighted by atomic mass is 14.7. The first-order valence-corrected chi connectivity index (χ1v) is 5.89. The zero-order valence-corrected chi connectivity index (χ0v) is 10.1. The molecule has 0 amide bonds. The minimum atomic E-state index is 1.21. The largest absolute Gasteiger partial charge is 0.360 e. The molecule has 0 aliphatic carbocycles. The fourth-order valence-corrected chi connectivity index (χ4v) is 2.22. The Labute approximate surface area is 101 Å². The van der Waals surface area contributed by atoms with E-state index < -0.39 is 0 Å². The van der Waals surface area contributed by atoms with Crippen LogP contribution in [0.3, 0.4) is 0 Å². The molecule has 17 heavy (non-hydrogen) atoms.